The van der Waals surface area contributed by atoms with E-state index in [-0.39, 0.29) is 0 Å². The molecular formula is C8H7N3O2S2. The number of hydrogen-bond acceptors (Lipinski definition) is 5. The van der Waals surface area contributed by atoms with Crippen molar-refractivity contribution in [2.75, 3.05) is 6.26 Å². The summed E-state index contributed by atoms with van der Waals surface area (Å²) >= 11 is 2.54. The van der Waals surface area contributed by atoms with E-state index in [1.165, 1.54) is 23.1 Å². The molecule has 0 fully saturated rings. The standard InChI is InChI=1S/C8H7N3O2S2/c1-14-6-9-7(12)11(8(13)10-6)5-3-2-4-15-5/h2-4H,1H3,(H,9,10,12,13). The molecule has 78 valence electrons. The largest absolute Gasteiger partial charge is 0.359 e. The number of hydrogen-bond donors (Lipinski definition) is 1. The highest BCUT2D eigenvalue weighted by molar-refractivity contribution is 7.98. The van der Waals surface area contributed by atoms with E-state index in [9.17, 15) is 9.59 Å². The Hall–Kier alpha value is -1.34. The lowest BCUT2D eigenvalue weighted by atomic mass is 10.6. The first kappa shape index (κ1) is 10.2. The third-order valence-electron chi connectivity index (χ3n) is 1.73. The zero-order valence-corrected chi connectivity index (χ0v) is 9.39. The summed E-state index contributed by atoms with van der Waals surface area (Å²) in [7, 11) is 0. The van der Waals surface area contributed by atoms with Gasteiger partial charge >= 0.3 is 11.4 Å². The fourth-order valence-corrected chi connectivity index (χ4v) is 2.17. The predicted octanol–water partition coefficient (Wildman–Crippen LogP) is 0.704. The van der Waals surface area contributed by atoms with Crippen molar-refractivity contribution >= 4 is 23.1 Å². The van der Waals surface area contributed by atoms with Gasteiger partial charge in [0.2, 0.25) is 0 Å². The fraction of sp³-hybridized carbons (Fsp3) is 0.125. The molecule has 2 rings (SSSR count). The van der Waals surface area contributed by atoms with Gasteiger partial charge in [0.1, 0.15) is 5.00 Å². The van der Waals surface area contributed by atoms with Crippen LogP contribution in [0.25, 0.3) is 5.00 Å². The maximum atomic E-state index is 11.6. The lowest BCUT2D eigenvalue weighted by Gasteiger charge is -2.00. The summed E-state index contributed by atoms with van der Waals surface area (Å²) in [6, 6.07) is 3.47. The third kappa shape index (κ3) is 1.88. The van der Waals surface area contributed by atoms with Gasteiger partial charge in [-0.25, -0.2) is 14.2 Å². The highest BCUT2D eigenvalue weighted by atomic mass is 32.2. The van der Waals surface area contributed by atoms with Crippen molar-refractivity contribution in [2.24, 2.45) is 0 Å². The molecule has 0 aliphatic heterocycles. The van der Waals surface area contributed by atoms with Crippen LogP contribution in [0, 0.1) is 0 Å². The topological polar surface area (TPSA) is 67.8 Å². The Labute approximate surface area is 92.8 Å². The molecule has 2 aromatic heterocycles. The minimum Gasteiger partial charge on any atom is -0.286 e. The lowest BCUT2D eigenvalue weighted by molar-refractivity contribution is 0.750. The van der Waals surface area contributed by atoms with Gasteiger partial charge in [-0.15, -0.1) is 11.3 Å². The van der Waals surface area contributed by atoms with Crippen LogP contribution in [0.3, 0.4) is 0 Å². The van der Waals surface area contributed by atoms with E-state index in [1.54, 1.807) is 23.8 Å². The van der Waals surface area contributed by atoms with E-state index >= 15 is 0 Å². The number of H-pyrrole nitrogens is 1. The van der Waals surface area contributed by atoms with Crippen LogP contribution < -0.4 is 11.4 Å². The second-order valence-corrected chi connectivity index (χ2v) is 4.34. The van der Waals surface area contributed by atoms with Gasteiger partial charge in [-0.2, -0.15) is 4.98 Å². The fourth-order valence-electron chi connectivity index (χ4n) is 1.09. The number of thiophene rings is 1. The van der Waals surface area contributed by atoms with Crippen LogP contribution in [0.5, 0.6) is 0 Å². The molecule has 0 aliphatic carbocycles. The minimum atomic E-state index is -0.550. The van der Waals surface area contributed by atoms with E-state index in [1.807, 2.05) is 0 Å². The first-order valence-corrected chi connectivity index (χ1v) is 6.14. The van der Waals surface area contributed by atoms with Gasteiger partial charge in [0, 0.05) is 0 Å². The summed E-state index contributed by atoms with van der Waals surface area (Å²) in [4.78, 5) is 29.4. The lowest BCUT2D eigenvalue weighted by Crippen LogP contribution is -2.35. The van der Waals surface area contributed by atoms with Crippen molar-refractivity contribution in [1.29, 1.82) is 0 Å². The SMILES string of the molecule is CSc1nc(=O)n(-c2cccs2)c(=O)[nH]1. The highest BCUT2D eigenvalue weighted by Crippen LogP contribution is 2.10. The molecule has 2 heterocycles. The van der Waals surface area contributed by atoms with Gasteiger partial charge in [0.15, 0.2) is 5.16 Å². The Morgan fingerprint density at radius 1 is 1.53 bits per heavy atom. The Bertz CT molecular complexity index is 539. The van der Waals surface area contributed by atoms with Crippen molar-refractivity contribution in [2.45, 2.75) is 5.16 Å². The van der Waals surface area contributed by atoms with Crippen LogP contribution in [-0.4, -0.2) is 20.8 Å². The predicted molar refractivity (Wildman–Crippen MR) is 60.1 cm³/mol. The van der Waals surface area contributed by atoms with Crippen molar-refractivity contribution in [3.8, 4) is 5.00 Å². The summed E-state index contributed by atoms with van der Waals surface area (Å²) < 4.78 is 1.02. The molecule has 0 aromatic carbocycles. The van der Waals surface area contributed by atoms with E-state index in [0.29, 0.717) is 10.2 Å². The molecule has 2 aromatic rings. The molecule has 0 bridgehead atoms. The molecule has 0 aliphatic rings. The van der Waals surface area contributed by atoms with Crippen LogP contribution in [0.15, 0.2) is 32.3 Å². The molecule has 0 saturated heterocycles. The molecule has 15 heavy (non-hydrogen) atoms. The second-order valence-electron chi connectivity index (χ2n) is 2.62. The van der Waals surface area contributed by atoms with Crippen LogP contribution in [0.2, 0.25) is 0 Å². The number of thioether (sulfide) groups is 1. The quantitative estimate of drug-likeness (QED) is 0.786. The molecule has 0 saturated carbocycles. The van der Waals surface area contributed by atoms with Crippen molar-refractivity contribution < 1.29 is 0 Å². The summed E-state index contributed by atoms with van der Waals surface area (Å²) in [6.07, 6.45) is 1.74. The maximum absolute atomic E-state index is 11.6. The molecule has 0 atom stereocenters. The Kier molecular flexibility index (Phi) is 2.74. The Morgan fingerprint density at radius 2 is 2.33 bits per heavy atom. The molecule has 0 unspecified atom stereocenters. The van der Waals surface area contributed by atoms with E-state index in [4.69, 9.17) is 0 Å². The smallest absolute Gasteiger partial charge is 0.286 e. The van der Waals surface area contributed by atoms with Gasteiger partial charge in [-0.3, -0.25) is 4.98 Å². The Balaban J connectivity index is 2.69. The average molecular weight is 241 g/mol. The number of aromatic nitrogens is 3. The molecule has 7 heteroatoms. The maximum Gasteiger partial charge on any atom is 0.359 e. The molecule has 0 amide bonds. The molecule has 1 N–H and O–H groups in total. The summed E-state index contributed by atoms with van der Waals surface area (Å²) in [5.74, 6) is 0. The van der Waals surface area contributed by atoms with Gasteiger partial charge in [0.25, 0.3) is 0 Å². The normalized spacial score (nSPS) is 10.5. The summed E-state index contributed by atoms with van der Waals surface area (Å²) in [5, 5.41) is 2.70. The number of nitrogens with one attached hydrogen (secondary N) is 1. The van der Waals surface area contributed by atoms with Crippen molar-refractivity contribution in [1.82, 2.24) is 14.5 Å². The molecular weight excluding hydrogens is 234 g/mol. The van der Waals surface area contributed by atoms with Crippen molar-refractivity contribution in [3.05, 3.63) is 38.5 Å². The van der Waals surface area contributed by atoms with Gasteiger partial charge < -0.3 is 0 Å². The van der Waals surface area contributed by atoms with Gasteiger partial charge in [-0.05, 0) is 23.8 Å². The van der Waals surface area contributed by atoms with Crippen LogP contribution >= 0.6 is 23.1 Å². The number of aromatic amines is 1. The molecule has 0 radical (unpaired) electrons. The van der Waals surface area contributed by atoms with E-state index in [2.05, 4.69) is 9.97 Å². The molecule has 5 nitrogen and oxygen atoms in total. The van der Waals surface area contributed by atoms with Crippen molar-refractivity contribution in [3.63, 3.8) is 0 Å². The first-order chi connectivity index (χ1) is 7.22. The van der Waals surface area contributed by atoms with E-state index in [0.717, 1.165) is 4.57 Å². The van der Waals surface area contributed by atoms with Gasteiger partial charge in [-0.1, -0.05) is 11.8 Å². The summed E-state index contributed by atoms with van der Waals surface area (Å²) in [6.45, 7) is 0. The number of rotatable bonds is 2. The molecule has 0 spiro atoms. The van der Waals surface area contributed by atoms with Crippen LogP contribution in [-0.2, 0) is 0 Å². The Morgan fingerprint density at radius 3 is 2.87 bits per heavy atom. The highest BCUT2D eigenvalue weighted by Gasteiger charge is 2.07. The minimum absolute atomic E-state index is 0.331. The third-order valence-corrected chi connectivity index (χ3v) is 3.16. The van der Waals surface area contributed by atoms with Gasteiger partial charge in [0.05, 0.1) is 0 Å². The number of nitrogens with zero attached hydrogens (tertiary/aromatic N) is 2. The van der Waals surface area contributed by atoms with Crippen LogP contribution in [0.1, 0.15) is 0 Å². The second kappa shape index (κ2) is 4.03. The monoisotopic (exact) mass is 241 g/mol. The zero-order chi connectivity index (χ0) is 10.8. The van der Waals surface area contributed by atoms with Crippen LogP contribution in [0.4, 0.5) is 0 Å². The summed E-state index contributed by atoms with van der Waals surface area (Å²) in [5.41, 5.74) is -1.01. The first-order valence-electron chi connectivity index (χ1n) is 4.03. The zero-order valence-electron chi connectivity index (χ0n) is 7.76. The van der Waals surface area contributed by atoms with E-state index < -0.39 is 11.4 Å². The average Bonchev–Trinajstić information content (AvgIpc) is 2.69.